The van der Waals surface area contributed by atoms with Gasteiger partial charge in [0.25, 0.3) is 0 Å². The van der Waals surface area contributed by atoms with Crippen LogP contribution in [0.25, 0.3) is 11.4 Å². The highest BCUT2D eigenvalue weighted by molar-refractivity contribution is 5.53. The van der Waals surface area contributed by atoms with Crippen LogP contribution < -0.4 is 0 Å². The van der Waals surface area contributed by atoms with Crippen LogP contribution in [0.1, 0.15) is 25.7 Å². The summed E-state index contributed by atoms with van der Waals surface area (Å²) in [5.74, 6) is 1.14. The minimum atomic E-state index is -0.284. The van der Waals surface area contributed by atoms with Crippen molar-refractivity contribution in [1.29, 1.82) is 0 Å². The minimum Gasteiger partial charge on any atom is -0.393 e. The van der Waals surface area contributed by atoms with E-state index in [0.29, 0.717) is 24.2 Å². The SMILES string of the molecule is CC(O)C1CCN(Cc2nc(-c3ccc(F)cc3)no2)CC1. The number of aliphatic hydroxyl groups excluding tert-OH is 1. The highest BCUT2D eigenvalue weighted by Crippen LogP contribution is 2.22. The maximum absolute atomic E-state index is 12.9. The van der Waals surface area contributed by atoms with Gasteiger partial charge in [0.2, 0.25) is 11.7 Å². The molecule has 3 rings (SSSR count). The van der Waals surface area contributed by atoms with Gasteiger partial charge in [-0.1, -0.05) is 5.16 Å². The number of aromatic nitrogens is 2. The van der Waals surface area contributed by atoms with Crippen LogP contribution in [0.5, 0.6) is 0 Å². The smallest absolute Gasteiger partial charge is 0.241 e. The Morgan fingerprint density at radius 3 is 2.64 bits per heavy atom. The van der Waals surface area contributed by atoms with Gasteiger partial charge in [-0.25, -0.2) is 4.39 Å². The molecule has 0 saturated carbocycles. The summed E-state index contributed by atoms with van der Waals surface area (Å²) in [7, 11) is 0. The standard InChI is InChI=1S/C16H20FN3O2/c1-11(21)12-6-8-20(9-7-12)10-15-18-16(19-22-15)13-2-4-14(17)5-3-13/h2-5,11-12,21H,6-10H2,1H3. The van der Waals surface area contributed by atoms with Crippen molar-refractivity contribution in [1.82, 2.24) is 15.0 Å². The molecule has 1 atom stereocenters. The largest absolute Gasteiger partial charge is 0.393 e. The van der Waals surface area contributed by atoms with Gasteiger partial charge < -0.3 is 9.63 Å². The summed E-state index contributed by atoms with van der Waals surface area (Å²) in [5, 5.41) is 13.6. The Balaban J connectivity index is 1.59. The summed E-state index contributed by atoms with van der Waals surface area (Å²) in [4.78, 5) is 6.62. The van der Waals surface area contributed by atoms with E-state index in [1.165, 1.54) is 12.1 Å². The lowest BCUT2D eigenvalue weighted by Crippen LogP contribution is -2.36. The van der Waals surface area contributed by atoms with E-state index in [4.69, 9.17) is 4.52 Å². The van der Waals surface area contributed by atoms with E-state index in [9.17, 15) is 9.50 Å². The number of rotatable bonds is 4. The van der Waals surface area contributed by atoms with Crippen LogP contribution in [0.2, 0.25) is 0 Å². The van der Waals surface area contributed by atoms with E-state index in [-0.39, 0.29) is 11.9 Å². The molecule has 0 bridgehead atoms. The molecule has 0 spiro atoms. The zero-order valence-corrected chi connectivity index (χ0v) is 12.6. The summed E-state index contributed by atoms with van der Waals surface area (Å²) in [6, 6.07) is 6.04. The van der Waals surface area contributed by atoms with Crippen molar-refractivity contribution in [2.45, 2.75) is 32.4 Å². The topological polar surface area (TPSA) is 62.4 Å². The molecule has 1 N–H and O–H groups in total. The van der Waals surface area contributed by atoms with Crippen molar-refractivity contribution < 1.29 is 14.0 Å². The summed E-state index contributed by atoms with van der Waals surface area (Å²) < 4.78 is 18.2. The molecular weight excluding hydrogens is 285 g/mol. The number of hydrogen-bond donors (Lipinski definition) is 1. The Kier molecular flexibility index (Phi) is 4.49. The van der Waals surface area contributed by atoms with Gasteiger partial charge in [-0.2, -0.15) is 4.98 Å². The Labute approximate surface area is 128 Å². The number of piperidine rings is 1. The van der Waals surface area contributed by atoms with Gasteiger partial charge in [-0.15, -0.1) is 0 Å². The lowest BCUT2D eigenvalue weighted by molar-refractivity contribution is 0.0660. The van der Waals surface area contributed by atoms with E-state index in [0.717, 1.165) is 31.5 Å². The number of benzene rings is 1. The van der Waals surface area contributed by atoms with Crippen LogP contribution in [-0.2, 0) is 6.54 Å². The highest BCUT2D eigenvalue weighted by atomic mass is 19.1. The molecule has 2 heterocycles. The van der Waals surface area contributed by atoms with Gasteiger partial charge in [0.05, 0.1) is 12.6 Å². The quantitative estimate of drug-likeness (QED) is 0.940. The second-order valence-corrected chi connectivity index (χ2v) is 5.87. The average Bonchev–Trinajstić information content (AvgIpc) is 2.97. The first-order chi connectivity index (χ1) is 10.6. The first-order valence-corrected chi connectivity index (χ1v) is 7.61. The number of hydrogen-bond acceptors (Lipinski definition) is 5. The van der Waals surface area contributed by atoms with Crippen molar-refractivity contribution in [2.24, 2.45) is 5.92 Å². The van der Waals surface area contributed by atoms with E-state index in [2.05, 4.69) is 15.0 Å². The fourth-order valence-electron chi connectivity index (χ4n) is 2.82. The zero-order chi connectivity index (χ0) is 15.5. The van der Waals surface area contributed by atoms with Gasteiger partial charge in [0.1, 0.15) is 5.82 Å². The number of likely N-dealkylation sites (tertiary alicyclic amines) is 1. The third-order valence-corrected chi connectivity index (χ3v) is 4.24. The maximum atomic E-state index is 12.9. The summed E-state index contributed by atoms with van der Waals surface area (Å²) >= 11 is 0. The van der Waals surface area contributed by atoms with Crippen LogP contribution in [0.15, 0.2) is 28.8 Å². The Hall–Kier alpha value is -1.79. The fourth-order valence-corrected chi connectivity index (χ4v) is 2.82. The van der Waals surface area contributed by atoms with Crippen molar-refractivity contribution in [3.63, 3.8) is 0 Å². The molecule has 1 aliphatic rings. The normalized spacial score (nSPS) is 18.5. The molecular formula is C16H20FN3O2. The van der Waals surface area contributed by atoms with E-state index in [1.807, 2.05) is 6.92 Å². The van der Waals surface area contributed by atoms with Crippen molar-refractivity contribution in [3.05, 3.63) is 36.0 Å². The van der Waals surface area contributed by atoms with Crippen molar-refractivity contribution >= 4 is 0 Å². The zero-order valence-electron chi connectivity index (χ0n) is 12.6. The summed E-state index contributed by atoms with van der Waals surface area (Å²) in [6.07, 6.45) is 1.73. The summed E-state index contributed by atoms with van der Waals surface area (Å²) in [6.45, 7) is 4.31. The second-order valence-electron chi connectivity index (χ2n) is 5.87. The molecule has 1 saturated heterocycles. The molecule has 0 amide bonds. The van der Waals surface area contributed by atoms with Crippen LogP contribution in [0.4, 0.5) is 4.39 Å². The molecule has 1 unspecified atom stereocenters. The molecule has 5 nitrogen and oxygen atoms in total. The lowest BCUT2D eigenvalue weighted by atomic mass is 9.92. The van der Waals surface area contributed by atoms with Crippen molar-refractivity contribution in [3.8, 4) is 11.4 Å². The maximum Gasteiger partial charge on any atom is 0.241 e. The van der Waals surface area contributed by atoms with Gasteiger partial charge in [0, 0.05) is 5.56 Å². The highest BCUT2D eigenvalue weighted by Gasteiger charge is 2.23. The molecule has 22 heavy (non-hydrogen) atoms. The number of halogens is 1. The molecule has 0 aliphatic carbocycles. The van der Waals surface area contributed by atoms with Crippen molar-refractivity contribution in [2.75, 3.05) is 13.1 Å². The van der Waals surface area contributed by atoms with Gasteiger partial charge in [-0.05, 0) is 63.0 Å². The predicted molar refractivity (Wildman–Crippen MR) is 79.4 cm³/mol. The van der Waals surface area contributed by atoms with Gasteiger partial charge >= 0.3 is 0 Å². The minimum absolute atomic E-state index is 0.240. The van der Waals surface area contributed by atoms with Gasteiger partial charge in [-0.3, -0.25) is 4.90 Å². The first kappa shape index (κ1) is 15.1. The fraction of sp³-hybridized carbons (Fsp3) is 0.500. The molecule has 118 valence electrons. The molecule has 2 aromatic rings. The van der Waals surface area contributed by atoms with Crippen LogP contribution >= 0.6 is 0 Å². The Morgan fingerprint density at radius 2 is 2.00 bits per heavy atom. The van der Waals surface area contributed by atoms with E-state index >= 15 is 0 Å². The second kappa shape index (κ2) is 6.54. The van der Waals surface area contributed by atoms with Crippen LogP contribution in [0, 0.1) is 11.7 Å². The van der Waals surface area contributed by atoms with E-state index in [1.54, 1.807) is 12.1 Å². The Bertz CT molecular complexity index is 604. The third kappa shape index (κ3) is 3.51. The third-order valence-electron chi connectivity index (χ3n) is 4.24. The van der Waals surface area contributed by atoms with Gasteiger partial charge in [0.15, 0.2) is 0 Å². The molecule has 1 aliphatic heterocycles. The number of aliphatic hydroxyl groups is 1. The van der Waals surface area contributed by atoms with Crippen LogP contribution in [0.3, 0.4) is 0 Å². The van der Waals surface area contributed by atoms with Crippen LogP contribution in [-0.4, -0.2) is 39.3 Å². The number of nitrogens with zero attached hydrogens (tertiary/aromatic N) is 3. The Morgan fingerprint density at radius 1 is 1.32 bits per heavy atom. The molecule has 1 aromatic carbocycles. The monoisotopic (exact) mass is 305 g/mol. The summed E-state index contributed by atoms with van der Waals surface area (Å²) in [5.41, 5.74) is 0.740. The average molecular weight is 305 g/mol. The predicted octanol–water partition coefficient (Wildman–Crippen LogP) is 2.47. The molecule has 6 heteroatoms. The van der Waals surface area contributed by atoms with E-state index < -0.39 is 0 Å². The first-order valence-electron chi connectivity index (χ1n) is 7.61. The molecule has 1 aromatic heterocycles. The molecule has 1 fully saturated rings. The lowest BCUT2D eigenvalue weighted by Gasteiger charge is -2.32. The molecule has 0 radical (unpaired) electrons.